The molecule has 0 saturated carbocycles. The van der Waals surface area contributed by atoms with Crippen molar-refractivity contribution >= 4 is 40.5 Å². The van der Waals surface area contributed by atoms with Crippen molar-refractivity contribution in [2.75, 3.05) is 6.61 Å². The van der Waals surface area contributed by atoms with Gasteiger partial charge in [-0.05, 0) is 40.3 Å². The number of carbonyl (C=O) groups excluding carboxylic acids is 3. The predicted octanol–water partition coefficient (Wildman–Crippen LogP) is 2.47. The second kappa shape index (κ2) is 9.02. The molecule has 0 fully saturated rings. The molecule has 124 valence electrons. The Balaban J connectivity index is 1.74. The summed E-state index contributed by atoms with van der Waals surface area (Å²) < 4.78 is 5.62. The smallest absolute Gasteiger partial charge is 0.339 e. The third-order valence-corrected chi connectivity index (χ3v) is 3.92. The van der Waals surface area contributed by atoms with Crippen LogP contribution in [0.5, 0.6) is 0 Å². The van der Waals surface area contributed by atoms with Crippen molar-refractivity contribution in [1.29, 1.82) is 0 Å². The largest absolute Gasteiger partial charge is 0.452 e. The van der Waals surface area contributed by atoms with E-state index in [9.17, 15) is 14.4 Å². The van der Waals surface area contributed by atoms with E-state index < -0.39 is 24.5 Å². The molecule has 24 heavy (non-hydrogen) atoms. The number of ether oxygens (including phenoxy) is 1. The summed E-state index contributed by atoms with van der Waals surface area (Å²) in [4.78, 5) is 35.1. The normalized spacial score (nSPS) is 9.88. The average molecular weight is 438 g/mol. The lowest BCUT2D eigenvalue weighted by Gasteiger charge is -2.08. The SMILES string of the molecule is O=C(COC(=O)c1ccccc1I)NC(=O)NCc1ccccc1. The maximum atomic E-state index is 11.9. The van der Waals surface area contributed by atoms with Crippen LogP contribution in [0.15, 0.2) is 54.6 Å². The van der Waals surface area contributed by atoms with E-state index in [0.717, 1.165) is 9.13 Å². The quantitative estimate of drug-likeness (QED) is 0.555. The zero-order valence-electron chi connectivity index (χ0n) is 12.6. The fourth-order valence-corrected chi connectivity index (χ4v) is 2.43. The second-order valence-corrected chi connectivity index (χ2v) is 5.93. The molecule has 2 aromatic rings. The molecule has 6 nitrogen and oxygen atoms in total. The van der Waals surface area contributed by atoms with Crippen molar-refractivity contribution in [3.63, 3.8) is 0 Å². The summed E-state index contributed by atoms with van der Waals surface area (Å²) in [6.45, 7) is -0.232. The Bertz CT molecular complexity index is 734. The van der Waals surface area contributed by atoms with Crippen LogP contribution in [0.1, 0.15) is 15.9 Å². The summed E-state index contributed by atoms with van der Waals surface area (Å²) in [6.07, 6.45) is 0. The highest BCUT2D eigenvalue weighted by atomic mass is 127. The lowest BCUT2D eigenvalue weighted by molar-refractivity contribution is -0.123. The fraction of sp³-hybridized carbons (Fsp3) is 0.118. The summed E-state index contributed by atoms with van der Waals surface area (Å²) in [7, 11) is 0. The molecule has 2 rings (SSSR count). The van der Waals surface area contributed by atoms with Crippen LogP contribution in [-0.2, 0) is 16.1 Å². The van der Waals surface area contributed by atoms with Gasteiger partial charge in [0.25, 0.3) is 5.91 Å². The Kier molecular flexibility index (Phi) is 6.74. The molecule has 0 aromatic heterocycles. The van der Waals surface area contributed by atoms with Gasteiger partial charge in [-0.25, -0.2) is 9.59 Å². The molecular weight excluding hydrogens is 423 g/mol. The number of carbonyl (C=O) groups is 3. The summed E-state index contributed by atoms with van der Waals surface area (Å²) in [6, 6.07) is 15.5. The number of hydrogen-bond donors (Lipinski definition) is 2. The van der Waals surface area contributed by atoms with E-state index in [1.165, 1.54) is 0 Å². The van der Waals surface area contributed by atoms with Gasteiger partial charge in [0.1, 0.15) is 0 Å². The highest BCUT2D eigenvalue weighted by Crippen LogP contribution is 2.12. The number of halogens is 1. The Hall–Kier alpha value is -2.42. The van der Waals surface area contributed by atoms with E-state index in [2.05, 4.69) is 10.6 Å². The molecule has 0 bridgehead atoms. The average Bonchev–Trinajstić information content (AvgIpc) is 2.59. The molecule has 2 aromatic carbocycles. The van der Waals surface area contributed by atoms with Gasteiger partial charge in [0.05, 0.1) is 5.56 Å². The van der Waals surface area contributed by atoms with E-state index in [4.69, 9.17) is 4.74 Å². The van der Waals surface area contributed by atoms with Crippen molar-refractivity contribution in [2.45, 2.75) is 6.54 Å². The van der Waals surface area contributed by atoms with Gasteiger partial charge < -0.3 is 10.1 Å². The lowest BCUT2D eigenvalue weighted by Crippen LogP contribution is -2.41. The van der Waals surface area contributed by atoms with Crippen LogP contribution in [0.3, 0.4) is 0 Å². The topological polar surface area (TPSA) is 84.5 Å². The van der Waals surface area contributed by atoms with E-state index >= 15 is 0 Å². The maximum absolute atomic E-state index is 11.9. The van der Waals surface area contributed by atoms with E-state index in [-0.39, 0.29) is 0 Å². The zero-order valence-corrected chi connectivity index (χ0v) is 14.8. The van der Waals surface area contributed by atoms with Gasteiger partial charge >= 0.3 is 12.0 Å². The van der Waals surface area contributed by atoms with Gasteiger partial charge in [-0.1, -0.05) is 42.5 Å². The first kappa shape index (κ1) is 17.9. The number of imide groups is 1. The van der Waals surface area contributed by atoms with E-state index in [0.29, 0.717) is 12.1 Å². The summed E-state index contributed by atoms with van der Waals surface area (Å²) >= 11 is 2.00. The zero-order chi connectivity index (χ0) is 17.4. The minimum atomic E-state index is -0.695. The van der Waals surface area contributed by atoms with Crippen LogP contribution < -0.4 is 10.6 Å². The molecule has 0 radical (unpaired) electrons. The molecule has 2 N–H and O–H groups in total. The minimum Gasteiger partial charge on any atom is -0.452 e. The highest BCUT2D eigenvalue weighted by molar-refractivity contribution is 14.1. The van der Waals surface area contributed by atoms with Gasteiger partial charge in [0.2, 0.25) is 0 Å². The lowest BCUT2D eigenvalue weighted by atomic mass is 10.2. The third-order valence-electron chi connectivity index (χ3n) is 2.98. The summed E-state index contributed by atoms with van der Waals surface area (Å²) in [5.74, 6) is -1.31. The fourth-order valence-electron chi connectivity index (χ4n) is 1.82. The Morgan fingerprint density at radius 3 is 2.33 bits per heavy atom. The molecule has 0 aliphatic carbocycles. The summed E-state index contributed by atoms with van der Waals surface area (Å²) in [5.41, 5.74) is 1.28. The standard InChI is InChI=1S/C17H15IN2O4/c18-14-9-5-4-8-13(14)16(22)24-11-15(21)20-17(23)19-10-12-6-2-1-3-7-12/h1-9H,10-11H2,(H2,19,20,21,23). The molecule has 7 heteroatoms. The maximum Gasteiger partial charge on any atom is 0.339 e. The van der Waals surface area contributed by atoms with Gasteiger partial charge in [0, 0.05) is 10.1 Å². The van der Waals surface area contributed by atoms with Crippen molar-refractivity contribution in [3.8, 4) is 0 Å². The second-order valence-electron chi connectivity index (χ2n) is 4.77. The molecule has 0 unspecified atom stereocenters. The molecule has 0 spiro atoms. The Morgan fingerprint density at radius 1 is 0.958 bits per heavy atom. The molecule has 0 heterocycles. The van der Waals surface area contributed by atoms with Crippen LogP contribution in [0, 0.1) is 3.57 Å². The number of esters is 1. The van der Waals surface area contributed by atoms with Gasteiger partial charge in [0.15, 0.2) is 6.61 Å². The first-order chi connectivity index (χ1) is 11.6. The van der Waals surface area contributed by atoms with Crippen LogP contribution in [0.25, 0.3) is 0 Å². The number of urea groups is 1. The number of benzene rings is 2. The van der Waals surface area contributed by atoms with Crippen LogP contribution in [0.2, 0.25) is 0 Å². The van der Waals surface area contributed by atoms with Crippen LogP contribution >= 0.6 is 22.6 Å². The van der Waals surface area contributed by atoms with Crippen molar-refractivity contribution < 1.29 is 19.1 Å². The van der Waals surface area contributed by atoms with Crippen molar-refractivity contribution in [3.05, 3.63) is 69.3 Å². The van der Waals surface area contributed by atoms with Crippen LogP contribution in [0.4, 0.5) is 4.79 Å². The first-order valence-electron chi connectivity index (χ1n) is 7.09. The molecule has 0 atom stereocenters. The Morgan fingerprint density at radius 2 is 1.62 bits per heavy atom. The monoisotopic (exact) mass is 438 g/mol. The van der Waals surface area contributed by atoms with Crippen molar-refractivity contribution in [1.82, 2.24) is 10.6 Å². The number of hydrogen-bond acceptors (Lipinski definition) is 4. The first-order valence-corrected chi connectivity index (χ1v) is 8.17. The van der Waals surface area contributed by atoms with Crippen molar-refractivity contribution in [2.24, 2.45) is 0 Å². The van der Waals surface area contributed by atoms with Gasteiger partial charge in [-0.3, -0.25) is 10.1 Å². The Labute approximate surface area is 152 Å². The number of nitrogens with one attached hydrogen (secondary N) is 2. The molecule has 3 amide bonds. The van der Waals surface area contributed by atoms with E-state index in [1.54, 1.807) is 24.3 Å². The highest BCUT2D eigenvalue weighted by Gasteiger charge is 2.14. The minimum absolute atomic E-state index is 0.294. The third kappa shape index (κ3) is 5.65. The predicted molar refractivity (Wildman–Crippen MR) is 96.3 cm³/mol. The van der Waals surface area contributed by atoms with Gasteiger partial charge in [-0.2, -0.15) is 0 Å². The van der Waals surface area contributed by atoms with Crippen LogP contribution in [-0.4, -0.2) is 24.5 Å². The molecule has 0 saturated heterocycles. The number of amides is 3. The van der Waals surface area contributed by atoms with E-state index in [1.807, 2.05) is 52.9 Å². The number of rotatable bonds is 5. The van der Waals surface area contributed by atoms with Gasteiger partial charge in [-0.15, -0.1) is 0 Å². The summed E-state index contributed by atoms with van der Waals surface area (Å²) in [5, 5.41) is 4.65. The molecule has 0 aliphatic rings. The molecular formula is C17H15IN2O4. The molecule has 0 aliphatic heterocycles.